The molecule has 0 saturated carbocycles. The van der Waals surface area contributed by atoms with E-state index in [1.807, 2.05) is 0 Å². The van der Waals surface area contributed by atoms with E-state index in [-0.39, 0.29) is 10.8 Å². The molecule has 1 aromatic rings. The molecule has 0 saturated heterocycles. The van der Waals surface area contributed by atoms with Crippen LogP contribution in [0.5, 0.6) is 5.75 Å². The lowest BCUT2D eigenvalue weighted by atomic mass is 10.2. The minimum atomic E-state index is -0.549. The van der Waals surface area contributed by atoms with Gasteiger partial charge in [-0.3, -0.25) is 0 Å². The van der Waals surface area contributed by atoms with E-state index in [2.05, 4.69) is 0 Å². The van der Waals surface area contributed by atoms with Gasteiger partial charge in [-0.15, -0.1) is 0 Å². The Labute approximate surface area is 92.9 Å². The normalized spacial score (nSPS) is 11.2. The van der Waals surface area contributed by atoms with Crippen molar-refractivity contribution < 1.29 is 14.6 Å². The van der Waals surface area contributed by atoms with E-state index >= 15 is 0 Å². The van der Waals surface area contributed by atoms with Gasteiger partial charge >= 0.3 is 5.97 Å². The van der Waals surface area contributed by atoms with Crippen LogP contribution in [0.25, 0.3) is 6.08 Å². The number of halogens is 1. The van der Waals surface area contributed by atoms with E-state index in [0.717, 1.165) is 5.56 Å². The van der Waals surface area contributed by atoms with Crippen LogP contribution in [-0.4, -0.2) is 17.7 Å². The highest BCUT2D eigenvalue weighted by atomic mass is 35.5. The van der Waals surface area contributed by atoms with Crippen molar-refractivity contribution in [1.29, 1.82) is 0 Å². The molecule has 3 nitrogen and oxygen atoms in total. The maximum Gasteiger partial charge on any atom is 0.349 e. The predicted octanol–water partition coefficient (Wildman–Crippen LogP) is 2.54. The molecule has 15 heavy (non-hydrogen) atoms. The van der Waals surface area contributed by atoms with Crippen LogP contribution in [-0.2, 0) is 9.53 Å². The fraction of sp³-hybridized carbons (Fsp3) is 0.182. The zero-order chi connectivity index (χ0) is 11.3. The van der Waals surface area contributed by atoms with Gasteiger partial charge in [-0.25, -0.2) is 4.79 Å². The lowest BCUT2D eigenvalue weighted by molar-refractivity contribution is -0.137. The molecule has 0 aliphatic carbocycles. The number of benzene rings is 1. The zero-order valence-corrected chi connectivity index (χ0v) is 8.99. The van der Waals surface area contributed by atoms with Crippen molar-refractivity contribution in [1.82, 2.24) is 0 Å². The Morgan fingerprint density at radius 1 is 1.47 bits per heavy atom. The fourth-order valence-electron chi connectivity index (χ4n) is 0.976. The van der Waals surface area contributed by atoms with E-state index in [4.69, 9.17) is 21.4 Å². The summed E-state index contributed by atoms with van der Waals surface area (Å²) >= 11 is 5.71. The molecule has 4 heteroatoms. The largest absolute Gasteiger partial charge is 0.508 e. The van der Waals surface area contributed by atoms with Gasteiger partial charge in [-0.2, -0.15) is 0 Å². The summed E-state index contributed by atoms with van der Waals surface area (Å²) in [5, 5.41) is 9.06. The molecule has 0 atom stereocenters. The molecule has 0 spiro atoms. The molecule has 1 rings (SSSR count). The molecule has 1 N–H and O–H groups in total. The van der Waals surface area contributed by atoms with Crippen LogP contribution in [0.1, 0.15) is 12.5 Å². The number of ether oxygens (including phenoxy) is 1. The first kappa shape index (κ1) is 11.6. The van der Waals surface area contributed by atoms with Crippen molar-refractivity contribution >= 4 is 23.6 Å². The fourth-order valence-corrected chi connectivity index (χ4v) is 1.16. The van der Waals surface area contributed by atoms with Crippen LogP contribution < -0.4 is 0 Å². The maximum absolute atomic E-state index is 11.1. The molecule has 0 radical (unpaired) electrons. The van der Waals surface area contributed by atoms with Gasteiger partial charge < -0.3 is 9.84 Å². The minimum Gasteiger partial charge on any atom is -0.508 e. The summed E-state index contributed by atoms with van der Waals surface area (Å²) < 4.78 is 4.71. The van der Waals surface area contributed by atoms with Crippen molar-refractivity contribution in [3.8, 4) is 5.75 Å². The van der Waals surface area contributed by atoms with Crippen LogP contribution in [0.15, 0.2) is 29.3 Å². The van der Waals surface area contributed by atoms with Gasteiger partial charge in [0.25, 0.3) is 0 Å². The molecule has 0 heterocycles. The summed E-state index contributed by atoms with van der Waals surface area (Å²) in [5.74, 6) is -0.383. The second-order valence-electron chi connectivity index (χ2n) is 2.80. The number of aromatic hydroxyl groups is 1. The molecular weight excluding hydrogens is 216 g/mol. The molecule has 1 aromatic carbocycles. The standard InChI is InChI=1S/C11H11ClO3/c1-2-15-11(14)10(12)7-8-3-5-9(13)6-4-8/h3-7,13H,2H2,1H3. The number of carbonyl (C=O) groups excluding carboxylic acids is 1. The average molecular weight is 227 g/mol. The summed E-state index contributed by atoms with van der Waals surface area (Å²) in [6, 6.07) is 6.33. The number of hydrogen-bond donors (Lipinski definition) is 1. The molecule has 0 unspecified atom stereocenters. The summed E-state index contributed by atoms with van der Waals surface area (Å²) in [4.78, 5) is 11.1. The highest BCUT2D eigenvalue weighted by Crippen LogP contribution is 2.15. The first-order chi connectivity index (χ1) is 7.13. The summed E-state index contributed by atoms with van der Waals surface area (Å²) in [6.45, 7) is 2.00. The summed E-state index contributed by atoms with van der Waals surface area (Å²) in [7, 11) is 0. The number of phenolic OH excluding ortho intramolecular Hbond substituents is 1. The van der Waals surface area contributed by atoms with E-state index in [0.29, 0.717) is 6.61 Å². The second kappa shape index (κ2) is 5.41. The quantitative estimate of drug-likeness (QED) is 0.637. The molecule has 80 valence electrons. The average Bonchev–Trinajstić information content (AvgIpc) is 2.22. The van der Waals surface area contributed by atoms with Crippen LogP contribution in [0.2, 0.25) is 0 Å². The number of phenols is 1. The van der Waals surface area contributed by atoms with Gasteiger partial charge in [-0.1, -0.05) is 23.7 Å². The van der Waals surface area contributed by atoms with Crippen molar-refractivity contribution in [3.05, 3.63) is 34.9 Å². The lowest BCUT2D eigenvalue weighted by Crippen LogP contribution is -2.03. The van der Waals surface area contributed by atoms with Crippen LogP contribution >= 0.6 is 11.6 Å². The summed E-state index contributed by atoms with van der Waals surface area (Å²) in [6.07, 6.45) is 1.49. The SMILES string of the molecule is CCOC(=O)C(Cl)=Cc1ccc(O)cc1. The number of rotatable bonds is 3. The molecule has 0 aromatic heterocycles. The van der Waals surface area contributed by atoms with E-state index in [9.17, 15) is 4.79 Å². The maximum atomic E-state index is 11.1. The molecule has 0 fully saturated rings. The smallest absolute Gasteiger partial charge is 0.349 e. The Kier molecular flexibility index (Phi) is 4.18. The third kappa shape index (κ3) is 3.64. The van der Waals surface area contributed by atoms with Crippen molar-refractivity contribution in [2.45, 2.75) is 6.92 Å². The first-order valence-corrected chi connectivity index (χ1v) is 4.84. The Hall–Kier alpha value is -1.48. The van der Waals surface area contributed by atoms with Crippen molar-refractivity contribution in [3.63, 3.8) is 0 Å². The number of hydrogen-bond acceptors (Lipinski definition) is 3. The molecule has 0 bridgehead atoms. The van der Waals surface area contributed by atoms with Gasteiger partial charge in [-0.05, 0) is 30.7 Å². The Morgan fingerprint density at radius 3 is 2.60 bits per heavy atom. The third-order valence-corrected chi connectivity index (χ3v) is 1.92. The highest BCUT2D eigenvalue weighted by molar-refractivity contribution is 6.43. The van der Waals surface area contributed by atoms with Gasteiger partial charge in [0.05, 0.1) is 6.61 Å². The first-order valence-electron chi connectivity index (χ1n) is 4.47. The van der Waals surface area contributed by atoms with Crippen LogP contribution in [0.3, 0.4) is 0 Å². The Bertz CT molecular complexity index is 368. The van der Waals surface area contributed by atoms with E-state index in [1.165, 1.54) is 18.2 Å². The van der Waals surface area contributed by atoms with Crippen molar-refractivity contribution in [2.75, 3.05) is 6.61 Å². The van der Waals surface area contributed by atoms with E-state index < -0.39 is 5.97 Å². The highest BCUT2D eigenvalue weighted by Gasteiger charge is 2.06. The van der Waals surface area contributed by atoms with Gasteiger partial charge in [0.15, 0.2) is 0 Å². The van der Waals surface area contributed by atoms with Gasteiger partial charge in [0, 0.05) is 0 Å². The van der Waals surface area contributed by atoms with Crippen LogP contribution in [0.4, 0.5) is 0 Å². The topological polar surface area (TPSA) is 46.5 Å². The molecule has 0 aliphatic heterocycles. The predicted molar refractivity (Wildman–Crippen MR) is 58.6 cm³/mol. The van der Waals surface area contributed by atoms with Crippen LogP contribution in [0, 0.1) is 0 Å². The molecule has 0 aliphatic rings. The monoisotopic (exact) mass is 226 g/mol. The third-order valence-electron chi connectivity index (χ3n) is 1.66. The Morgan fingerprint density at radius 2 is 2.07 bits per heavy atom. The van der Waals surface area contributed by atoms with Gasteiger partial charge in [0.2, 0.25) is 0 Å². The molecule has 0 amide bonds. The number of carbonyl (C=O) groups is 1. The number of esters is 1. The second-order valence-corrected chi connectivity index (χ2v) is 3.21. The summed E-state index contributed by atoms with van der Waals surface area (Å²) in [5.41, 5.74) is 0.728. The van der Waals surface area contributed by atoms with E-state index in [1.54, 1.807) is 19.1 Å². The minimum absolute atomic E-state index is 0.0162. The molecular formula is C11H11ClO3. The van der Waals surface area contributed by atoms with Gasteiger partial charge in [0.1, 0.15) is 10.8 Å². The lowest BCUT2D eigenvalue weighted by Gasteiger charge is -1.99. The van der Waals surface area contributed by atoms with Crippen molar-refractivity contribution in [2.24, 2.45) is 0 Å². The Balaban J connectivity index is 2.78. The zero-order valence-electron chi connectivity index (χ0n) is 8.24.